The van der Waals surface area contributed by atoms with Gasteiger partial charge in [0.1, 0.15) is 5.82 Å². The molecule has 0 saturated heterocycles. The van der Waals surface area contributed by atoms with Crippen LogP contribution in [-0.4, -0.2) is 18.0 Å². The van der Waals surface area contributed by atoms with Gasteiger partial charge in [-0.15, -0.1) is 0 Å². The Balaban J connectivity index is 1.48. The van der Waals surface area contributed by atoms with E-state index in [4.69, 9.17) is 4.98 Å². The van der Waals surface area contributed by atoms with E-state index >= 15 is 0 Å². The van der Waals surface area contributed by atoms with Gasteiger partial charge in [0.2, 0.25) is 9.84 Å². The van der Waals surface area contributed by atoms with Crippen molar-refractivity contribution < 1.29 is 8.42 Å². The normalized spacial score (nSPS) is 14.2. The summed E-state index contributed by atoms with van der Waals surface area (Å²) in [5.74, 6) is 0.746. The van der Waals surface area contributed by atoms with Crippen LogP contribution >= 0.6 is 0 Å². The fourth-order valence-electron chi connectivity index (χ4n) is 6.56. The van der Waals surface area contributed by atoms with Crippen molar-refractivity contribution in [3.05, 3.63) is 109 Å². The van der Waals surface area contributed by atoms with E-state index in [-0.39, 0.29) is 0 Å². The molecule has 4 nitrogen and oxygen atoms in total. The lowest BCUT2D eigenvalue weighted by molar-refractivity contribution is 0.594. The van der Waals surface area contributed by atoms with Crippen LogP contribution in [0.2, 0.25) is 0 Å². The minimum Gasteiger partial charge on any atom is -0.290 e. The van der Waals surface area contributed by atoms with Crippen LogP contribution < -0.4 is 0 Å². The molecule has 0 fully saturated rings. The standard InChI is InChI=1S/C33H18N2O2S/c36-38(37)28-15-2-1-14-27(28)35-32-26(13-6-16-29(32)38)34-33(35)25-18-17-24-21-10-4-8-19-7-3-9-20(30(19)21)22-11-5-12-23(25)31(22)24/h1-18H. The number of benzene rings is 7. The zero-order valence-electron chi connectivity index (χ0n) is 20.0. The van der Waals surface area contributed by atoms with E-state index in [1.54, 1.807) is 24.3 Å². The van der Waals surface area contributed by atoms with Crippen molar-refractivity contribution in [2.75, 3.05) is 0 Å². The molecule has 0 atom stereocenters. The van der Waals surface area contributed by atoms with Crippen LogP contribution in [0.1, 0.15) is 0 Å². The Morgan fingerprint density at radius 2 is 1.18 bits per heavy atom. The fourth-order valence-corrected chi connectivity index (χ4v) is 8.19. The van der Waals surface area contributed by atoms with Gasteiger partial charge in [-0.05, 0) is 73.4 Å². The molecule has 178 valence electrons. The van der Waals surface area contributed by atoms with Crippen molar-refractivity contribution in [3.8, 4) is 17.1 Å². The van der Waals surface area contributed by atoms with E-state index in [1.165, 1.54) is 37.7 Å². The molecule has 0 saturated carbocycles. The largest absolute Gasteiger partial charge is 0.290 e. The first-order valence-corrected chi connectivity index (χ1v) is 14.1. The highest BCUT2D eigenvalue weighted by Crippen LogP contribution is 2.46. The third-order valence-corrected chi connectivity index (χ3v) is 9.92. The topological polar surface area (TPSA) is 52.0 Å². The molecule has 0 aliphatic carbocycles. The van der Waals surface area contributed by atoms with Crippen LogP contribution in [0.3, 0.4) is 0 Å². The molecule has 1 aliphatic heterocycles. The van der Waals surface area contributed by atoms with Crippen LogP contribution in [0.5, 0.6) is 0 Å². The number of fused-ring (bicyclic) bond motifs is 4. The van der Waals surface area contributed by atoms with Crippen LogP contribution in [0.25, 0.3) is 71.2 Å². The zero-order valence-corrected chi connectivity index (χ0v) is 20.8. The third-order valence-electron chi connectivity index (χ3n) is 8.09. The smallest absolute Gasteiger partial charge is 0.210 e. The Bertz CT molecular complexity index is 2370. The van der Waals surface area contributed by atoms with E-state index in [1.807, 2.05) is 22.8 Å². The molecule has 9 rings (SSSR count). The summed E-state index contributed by atoms with van der Waals surface area (Å²) in [7, 11) is -3.64. The molecule has 0 amide bonds. The van der Waals surface area contributed by atoms with E-state index in [0.717, 1.165) is 16.8 Å². The van der Waals surface area contributed by atoms with Crippen LogP contribution in [0.15, 0.2) is 119 Å². The van der Waals surface area contributed by atoms with Gasteiger partial charge in [0.25, 0.3) is 0 Å². The first-order chi connectivity index (χ1) is 18.6. The second kappa shape index (κ2) is 6.77. The average Bonchev–Trinajstić information content (AvgIpc) is 3.34. The minimum atomic E-state index is -3.64. The first kappa shape index (κ1) is 20.3. The SMILES string of the molecule is O=S1(=O)c2ccccc2-n2c(-c3ccc4c5cccc6cccc(c7cccc3c74)c65)nc3cccc1c32. The summed E-state index contributed by atoms with van der Waals surface area (Å²) in [6, 6.07) is 36.4. The summed E-state index contributed by atoms with van der Waals surface area (Å²) in [5.41, 5.74) is 2.93. The number of nitrogens with zero attached hydrogens (tertiary/aromatic N) is 2. The maximum absolute atomic E-state index is 13.5. The summed E-state index contributed by atoms with van der Waals surface area (Å²) in [6.45, 7) is 0. The highest BCUT2D eigenvalue weighted by Gasteiger charge is 2.33. The lowest BCUT2D eigenvalue weighted by atomic mass is 9.88. The highest BCUT2D eigenvalue weighted by atomic mass is 32.2. The molecule has 1 aliphatic rings. The van der Waals surface area contributed by atoms with Gasteiger partial charge in [-0.2, -0.15) is 0 Å². The van der Waals surface area contributed by atoms with Crippen molar-refractivity contribution in [3.63, 3.8) is 0 Å². The predicted octanol–water partition coefficient (Wildman–Crippen LogP) is 7.89. The molecular weight excluding hydrogens is 488 g/mol. The zero-order chi connectivity index (χ0) is 25.2. The monoisotopic (exact) mass is 506 g/mol. The molecule has 5 heteroatoms. The maximum atomic E-state index is 13.5. The minimum absolute atomic E-state index is 0.302. The Hall–Kier alpha value is -4.74. The quantitative estimate of drug-likeness (QED) is 0.168. The van der Waals surface area contributed by atoms with Gasteiger partial charge in [0, 0.05) is 5.56 Å². The molecule has 0 N–H and O–H groups in total. The number of aromatic nitrogens is 2. The Morgan fingerprint density at radius 1 is 0.553 bits per heavy atom. The van der Waals surface area contributed by atoms with Gasteiger partial charge in [-0.1, -0.05) is 78.9 Å². The average molecular weight is 507 g/mol. The van der Waals surface area contributed by atoms with Crippen LogP contribution in [-0.2, 0) is 9.84 Å². The van der Waals surface area contributed by atoms with Gasteiger partial charge in [0.15, 0.2) is 0 Å². The molecule has 7 aromatic carbocycles. The molecule has 0 spiro atoms. The Labute approximate surface area is 217 Å². The number of hydrogen-bond donors (Lipinski definition) is 0. The molecule has 0 radical (unpaired) electrons. The van der Waals surface area contributed by atoms with Crippen molar-refractivity contribution in [1.29, 1.82) is 0 Å². The van der Waals surface area contributed by atoms with Gasteiger partial charge < -0.3 is 0 Å². The maximum Gasteiger partial charge on any atom is 0.210 e. The van der Waals surface area contributed by atoms with Crippen molar-refractivity contribution in [2.24, 2.45) is 0 Å². The van der Waals surface area contributed by atoms with Crippen LogP contribution in [0, 0.1) is 0 Å². The number of hydrogen-bond acceptors (Lipinski definition) is 3. The summed E-state index contributed by atoms with van der Waals surface area (Å²) in [6.07, 6.45) is 0. The van der Waals surface area contributed by atoms with Gasteiger partial charge in [-0.25, -0.2) is 13.4 Å². The fraction of sp³-hybridized carbons (Fsp3) is 0. The van der Waals surface area contributed by atoms with Crippen molar-refractivity contribution in [1.82, 2.24) is 9.55 Å². The Morgan fingerprint density at radius 3 is 2.00 bits per heavy atom. The number of rotatable bonds is 1. The van der Waals surface area contributed by atoms with E-state index < -0.39 is 9.84 Å². The summed E-state index contributed by atoms with van der Waals surface area (Å²) in [5, 5.41) is 9.72. The van der Waals surface area contributed by atoms with E-state index in [2.05, 4.69) is 66.7 Å². The molecule has 2 heterocycles. The summed E-state index contributed by atoms with van der Waals surface area (Å²) < 4.78 is 29.1. The third kappa shape index (κ3) is 2.31. The molecular formula is C33H18N2O2S. The second-order valence-electron chi connectivity index (χ2n) is 9.96. The van der Waals surface area contributed by atoms with Crippen molar-refractivity contribution >= 4 is 64.0 Å². The van der Waals surface area contributed by atoms with E-state index in [0.29, 0.717) is 26.5 Å². The predicted molar refractivity (Wildman–Crippen MR) is 153 cm³/mol. The number of para-hydroxylation sites is 2. The van der Waals surface area contributed by atoms with Crippen molar-refractivity contribution in [2.45, 2.75) is 9.79 Å². The van der Waals surface area contributed by atoms with Gasteiger partial charge >= 0.3 is 0 Å². The lowest BCUT2D eigenvalue weighted by Gasteiger charge is -2.21. The molecule has 0 bridgehead atoms. The van der Waals surface area contributed by atoms with Gasteiger partial charge in [0.05, 0.1) is 26.5 Å². The second-order valence-corrected chi connectivity index (χ2v) is 11.9. The van der Waals surface area contributed by atoms with Gasteiger partial charge in [-0.3, -0.25) is 4.57 Å². The first-order valence-electron chi connectivity index (χ1n) is 12.6. The molecule has 8 aromatic rings. The summed E-state index contributed by atoms with van der Waals surface area (Å²) in [4.78, 5) is 5.66. The molecule has 1 aromatic heterocycles. The molecule has 38 heavy (non-hydrogen) atoms. The number of sulfone groups is 1. The number of imidazole rings is 1. The van der Waals surface area contributed by atoms with E-state index in [9.17, 15) is 8.42 Å². The lowest BCUT2D eigenvalue weighted by Crippen LogP contribution is -2.14. The van der Waals surface area contributed by atoms with Crippen LogP contribution in [0.4, 0.5) is 0 Å². The summed E-state index contributed by atoms with van der Waals surface area (Å²) >= 11 is 0. The molecule has 0 unspecified atom stereocenters. The Kier molecular flexibility index (Phi) is 3.62. The highest BCUT2D eigenvalue weighted by molar-refractivity contribution is 7.92.